The van der Waals surface area contributed by atoms with E-state index in [2.05, 4.69) is 12.2 Å². The van der Waals surface area contributed by atoms with Crippen LogP contribution in [0.5, 0.6) is 0 Å². The molecular weight excluding hydrogens is 242 g/mol. The van der Waals surface area contributed by atoms with Crippen molar-refractivity contribution >= 4 is 11.9 Å². The van der Waals surface area contributed by atoms with Crippen LogP contribution in [0, 0.1) is 17.3 Å². The molecule has 2 saturated carbocycles. The van der Waals surface area contributed by atoms with Crippen molar-refractivity contribution in [2.75, 3.05) is 6.54 Å². The lowest BCUT2D eigenvalue weighted by atomic mass is 9.78. The second kappa shape index (κ2) is 5.93. The van der Waals surface area contributed by atoms with Crippen molar-refractivity contribution in [1.82, 2.24) is 5.32 Å². The van der Waals surface area contributed by atoms with Gasteiger partial charge in [-0.25, -0.2) is 0 Å². The lowest BCUT2D eigenvalue weighted by Crippen LogP contribution is -2.41. The van der Waals surface area contributed by atoms with Gasteiger partial charge in [-0.3, -0.25) is 9.59 Å². The Bertz CT molecular complexity index is 349. The van der Waals surface area contributed by atoms with Crippen molar-refractivity contribution in [3.8, 4) is 0 Å². The Kier molecular flexibility index (Phi) is 4.48. The lowest BCUT2D eigenvalue weighted by molar-refractivity contribution is -0.149. The van der Waals surface area contributed by atoms with Crippen LogP contribution in [-0.4, -0.2) is 23.5 Å². The fourth-order valence-electron chi connectivity index (χ4n) is 3.37. The number of rotatable bonds is 6. The average Bonchev–Trinajstić information content (AvgIpc) is 3.17. The van der Waals surface area contributed by atoms with Crippen molar-refractivity contribution in [2.24, 2.45) is 17.3 Å². The maximum absolute atomic E-state index is 12.2. The smallest absolute Gasteiger partial charge is 0.307 e. The van der Waals surface area contributed by atoms with Crippen LogP contribution in [-0.2, 0) is 9.59 Å². The zero-order chi connectivity index (χ0) is 13.9. The van der Waals surface area contributed by atoms with Gasteiger partial charge in [0.2, 0.25) is 5.91 Å². The summed E-state index contributed by atoms with van der Waals surface area (Å²) in [4.78, 5) is 23.4. The molecular formula is C15H25NO3. The van der Waals surface area contributed by atoms with Gasteiger partial charge in [0.15, 0.2) is 0 Å². The fourth-order valence-corrected chi connectivity index (χ4v) is 3.37. The predicted molar refractivity (Wildman–Crippen MR) is 72.7 cm³/mol. The Morgan fingerprint density at radius 1 is 1.21 bits per heavy atom. The molecule has 0 saturated heterocycles. The van der Waals surface area contributed by atoms with Crippen molar-refractivity contribution in [1.29, 1.82) is 0 Å². The van der Waals surface area contributed by atoms with Crippen LogP contribution in [0.2, 0.25) is 0 Å². The van der Waals surface area contributed by atoms with E-state index in [1.807, 2.05) is 0 Å². The fraction of sp³-hybridized carbons (Fsp3) is 0.867. The van der Waals surface area contributed by atoms with Crippen molar-refractivity contribution in [3.63, 3.8) is 0 Å². The molecule has 2 aliphatic carbocycles. The third-order valence-electron chi connectivity index (χ3n) is 4.79. The highest BCUT2D eigenvalue weighted by Gasteiger charge is 2.42. The van der Waals surface area contributed by atoms with Crippen LogP contribution in [0.1, 0.15) is 58.3 Å². The zero-order valence-corrected chi connectivity index (χ0v) is 11.8. The molecule has 0 heterocycles. The number of nitrogens with one attached hydrogen (secondary N) is 1. The molecule has 1 amide bonds. The summed E-state index contributed by atoms with van der Waals surface area (Å²) in [5, 5.41) is 12.2. The molecule has 0 aliphatic heterocycles. The molecule has 4 heteroatoms. The van der Waals surface area contributed by atoms with Crippen LogP contribution in [0.25, 0.3) is 0 Å². The van der Waals surface area contributed by atoms with Gasteiger partial charge in [0.1, 0.15) is 0 Å². The largest absolute Gasteiger partial charge is 0.481 e. The summed E-state index contributed by atoms with van der Waals surface area (Å²) in [5.41, 5.74) is 0.331. The molecule has 0 radical (unpaired) electrons. The number of carboxylic acids is 1. The molecule has 2 aliphatic rings. The standard InChI is InChI=1S/C15H25NO3/c1-2-7-15(8-9-15)10-16-13(17)11-5-3-4-6-12(11)14(18)19/h11-12H,2-10H2,1H3,(H,16,17)(H,18,19). The maximum atomic E-state index is 12.2. The topological polar surface area (TPSA) is 66.4 Å². The summed E-state index contributed by atoms with van der Waals surface area (Å²) in [7, 11) is 0. The van der Waals surface area contributed by atoms with Gasteiger partial charge in [-0.15, -0.1) is 0 Å². The van der Waals surface area contributed by atoms with E-state index in [0.29, 0.717) is 11.8 Å². The van der Waals surface area contributed by atoms with Gasteiger partial charge >= 0.3 is 5.97 Å². The zero-order valence-electron chi connectivity index (χ0n) is 11.8. The SMILES string of the molecule is CCCC1(CNC(=O)C2CCCCC2C(=O)O)CC1. The first-order chi connectivity index (χ1) is 9.08. The molecule has 108 valence electrons. The molecule has 2 rings (SSSR count). The average molecular weight is 267 g/mol. The minimum absolute atomic E-state index is 0.0329. The van der Waals surface area contributed by atoms with E-state index >= 15 is 0 Å². The highest BCUT2D eigenvalue weighted by Crippen LogP contribution is 2.49. The van der Waals surface area contributed by atoms with Gasteiger partial charge in [0.05, 0.1) is 11.8 Å². The minimum atomic E-state index is -0.811. The number of carbonyl (C=O) groups is 2. The molecule has 4 nitrogen and oxygen atoms in total. The Morgan fingerprint density at radius 2 is 1.84 bits per heavy atom. The molecule has 2 fully saturated rings. The predicted octanol–water partition coefficient (Wildman–Crippen LogP) is 2.57. The van der Waals surface area contributed by atoms with Gasteiger partial charge < -0.3 is 10.4 Å². The van der Waals surface area contributed by atoms with E-state index in [1.54, 1.807) is 0 Å². The Hall–Kier alpha value is -1.06. The Balaban J connectivity index is 1.86. The van der Waals surface area contributed by atoms with E-state index in [-0.39, 0.29) is 11.8 Å². The van der Waals surface area contributed by atoms with E-state index < -0.39 is 11.9 Å². The quantitative estimate of drug-likeness (QED) is 0.777. The summed E-state index contributed by atoms with van der Waals surface area (Å²) >= 11 is 0. The first-order valence-corrected chi connectivity index (χ1v) is 7.58. The molecule has 0 aromatic carbocycles. The molecule has 0 bridgehead atoms. The highest BCUT2D eigenvalue weighted by atomic mass is 16.4. The van der Waals surface area contributed by atoms with Crippen LogP contribution in [0.3, 0.4) is 0 Å². The van der Waals surface area contributed by atoms with Gasteiger partial charge in [-0.05, 0) is 37.5 Å². The molecule has 2 atom stereocenters. The first-order valence-electron chi connectivity index (χ1n) is 7.58. The normalized spacial score (nSPS) is 28.7. The summed E-state index contributed by atoms with van der Waals surface area (Å²) < 4.78 is 0. The molecule has 2 N–H and O–H groups in total. The van der Waals surface area contributed by atoms with Gasteiger partial charge in [-0.1, -0.05) is 26.2 Å². The number of carboxylic acid groups (broad SMARTS) is 1. The van der Waals surface area contributed by atoms with Gasteiger partial charge in [0, 0.05) is 6.54 Å². The third-order valence-corrected chi connectivity index (χ3v) is 4.79. The van der Waals surface area contributed by atoms with E-state index in [9.17, 15) is 14.7 Å². The summed E-state index contributed by atoms with van der Waals surface area (Å²) in [6.07, 6.45) is 8.00. The molecule has 2 unspecified atom stereocenters. The van der Waals surface area contributed by atoms with Crippen molar-refractivity contribution < 1.29 is 14.7 Å². The molecule has 0 spiro atoms. The number of aliphatic carboxylic acids is 1. The van der Waals surface area contributed by atoms with Crippen molar-refractivity contribution in [2.45, 2.75) is 58.3 Å². The molecule has 0 aromatic heterocycles. The number of amides is 1. The number of hydrogen-bond acceptors (Lipinski definition) is 2. The van der Waals surface area contributed by atoms with Gasteiger partial charge in [-0.2, -0.15) is 0 Å². The van der Waals surface area contributed by atoms with Crippen LogP contribution in [0.4, 0.5) is 0 Å². The second-order valence-electron chi connectivity index (χ2n) is 6.30. The van der Waals surface area contributed by atoms with Crippen molar-refractivity contribution in [3.05, 3.63) is 0 Å². The Morgan fingerprint density at radius 3 is 2.37 bits per heavy atom. The van der Waals surface area contributed by atoms with Crippen LogP contribution >= 0.6 is 0 Å². The Labute approximate surface area is 115 Å². The van der Waals surface area contributed by atoms with E-state index in [0.717, 1.165) is 32.2 Å². The summed E-state index contributed by atoms with van der Waals surface area (Å²) in [6, 6.07) is 0. The molecule has 19 heavy (non-hydrogen) atoms. The second-order valence-corrected chi connectivity index (χ2v) is 6.30. The number of hydrogen-bond donors (Lipinski definition) is 2. The van der Waals surface area contributed by atoms with Crippen LogP contribution < -0.4 is 5.32 Å². The first kappa shape index (κ1) is 14.4. The summed E-state index contributed by atoms with van der Waals surface area (Å²) in [6.45, 7) is 2.91. The van der Waals surface area contributed by atoms with Gasteiger partial charge in [0.25, 0.3) is 0 Å². The number of carbonyl (C=O) groups excluding carboxylic acids is 1. The lowest BCUT2D eigenvalue weighted by Gasteiger charge is -2.28. The monoisotopic (exact) mass is 267 g/mol. The van der Waals surface area contributed by atoms with E-state index in [1.165, 1.54) is 19.3 Å². The minimum Gasteiger partial charge on any atom is -0.481 e. The third kappa shape index (κ3) is 3.48. The molecule has 0 aromatic rings. The van der Waals surface area contributed by atoms with Crippen LogP contribution in [0.15, 0.2) is 0 Å². The maximum Gasteiger partial charge on any atom is 0.307 e. The summed E-state index contributed by atoms with van der Waals surface area (Å²) in [5.74, 6) is -1.64. The van der Waals surface area contributed by atoms with E-state index in [4.69, 9.17) is 0 Å². The highest BCUT2D eigenvalue weighted by molar-refractivity contribution is 5.84.